The molecule has 2 amide bonds. The number of ether oxygens (including phenoxy) is 1. The van der Waals surface area contributed by atoms with E-state index in [1.807, 2.05) is 83.5 Å². The highest BCUT2D eigenvalue weighted by Crippen LogP contribution is 2.30. The number of unbranched alkanes of at least 4 members (excludes halogenated alkanes) is 1. The van der Waals surface area contributed by atoms with Gasteiger partial charge in [-0.25, -0.2) is 14.8 Å². The standard InChI is InChI=1S/C37H39N9O2/c1-3-4-16-33-39-31-23-32(45-22-11-21-44(37(45)47)24-27-12-7-5-8-13-27)26(2)38-36(31)46(33)25-28-17-19-30(20-18-28)48-34(35-40-42-43-41-35)29-14-9-6-10-15-29/h5-10,12-15,17-20,23,34H,3-4,11,16,21-22,24-25H2,1-2H3,(H,40,41,42,43). The number of fused-ring (bicyclic) bond motifs is 1. The molecule has 0 spiro atoms. The van der Waals surface area contributed by atoms with Crippen molar-refractivity contribution in [2.45, 2.75) is 58.7 Å². The van der Waals surface area contributed by atoms with E-state index >= 15 is 0 Å². The van der Waals surface area contributed by atoms with Crippen LogP contribution in [0.2, 0.25) is 0 Å². The van der Waals surface area contributed by atoms with Crippen molar-refractivity contribution < 1.29 is 9.53 Å². The zero-order chi connectivity index (χ0) is 32.9. The number of urea groups is 1. The number of aryl methyl sites for hydroxylation is 2. The van der Waals surface area contributed by atoms with Gasteiger partial charge in [0, 0.05) is 31.6 Å². The molecule has 1 aliphatic heterocycles. The zero-order valence-electron chi connectivity index (χ0n) is 27.3. The third-order valence-corrected chi connectivity index (χ3v) is 8.75. The Labute approximate surface area is 279 Å². The van der Waals surface area contributed by atoms with Gasteiger partial charge in [-0.05, 0) is 49.1 Å². The third kappa shape index (κ3) is 6.62. The molecule has 0 saturated carbocycles. The van der Waals surface area contributed by atoms with Crippen LogP contribution in [-0.2, 0) is 19.5 Å². The summed E-state index contributed by atoms with van der Waals surface area (Å²) in [5.74, 6) is 2.16. The Morgan fingerprint density at radius 3 is 2.38 bits per heavy atom. The number of tetrazole rings is 1. The number of benzene rings is 3. The Balaban J connectivity index is 1.14. The number of aromatic amines is 1. The van der Waals surface area contributed by atoms with E-state index in [4.69, 9.17) is 14.7 Å². The molecule has 0 aliphatic carbocycles. The number of aromatic nitrogens is 7. The number of carbonyl (C=O) groups is 1. The Morgan fingerprint density at radius 2 is 1.65 bits per heavy atom. The summed E-state index contributed by atoms with van der Waals surface area (Å²) in [6.07, 6.45) is 3.34. The first kappa shape index (κ1) is 31.0. The average molecular weight is 642 g/mol. The molecule has 0 bridgehead atoms. The maximum Gasteiger partial charge on any atom is 0.324 e. The van der Waals surface area contributed by atoms with Gasteiger partial charge in [-0.15, -0.1) is 10.2 Å². The summed E-state index contributed by atoms with van der Waals surface area (Å²) in [6, 6.07) is 30.1. The molecule has 1 unspecified atom stereocenters. The minimum atomic E-state index is -0.493. The van der Waals surface area contributed by atoms with Crippen LogP contribution in [0.3, 0.4) is 0 Å². The molecule has 1 atom stereocenters. The number of hydrogen-bond acceptors (Lipinski definition) is 7. The Morgan fingerprint density at radius 1 is 0.896 bits per heavy atom. The van der Waals surface area contributed by atoms with E-state index in [1.54, 1.807) is 0 Å². The first-order valence-corrected chi connectivity index (χ1v) is 16.6. The average Bonchev–Trinajstić information content (AvgIpc) is 3.77. The molecule has 7 rings (SSSR count). The molecule has 48 heavy (non-hydrogen) atoms. The van der Waals surface area contributed by atoms with Crippen LogP contribution in [0.5, 0.6) is 5.75 Å². The van der Waals surface area contributed by atoms with Crippen molar-refractivity contribution in [3.8, 4) is 5.75 Å². The molecule has 11 nitrogen and oxygen atoms in total. The SMILES string of the molecule is CCCCc1nc2cc(N3CCCN(Cc4ccccc4)C3=O)c(C)nc2n1Cc1ccc(OC(c2ccccc2)c2nn[nH]n2)cc1. The lowest BCUT2D eigenvalue weighted by atomic mass is 10.1. The fraction of sp³-hybridized carbons (Fsp3) is 0.297. The molecule has 0 radical (unpaired) electrons. The minimum absolute atomic E-state index is 0.0103. The van der Waals surface area contributed by atoms with Crippen molar-refractivity contribution in [2.24, 2.45) is 0 Å². The van der Waals surface area contributed by atoms with E-state index in [1.165, 1.54) is 0 Å². The summed E-state index contributed by atoms with van der Waals surface area (Å²) in [7, 11) is 0. The van der Waals surface area contributed by atoms with Crippen LogP contribution in [0.4, 0.5) is 10.5 Å². The van der Waals surface area contributed by atoms with Crippen LogP contribution < -0.4 is 9.64 Å². The number of H-pyrrole nitrogens is 1. The van der Waals surface area contributed by atoms with E-state index in [0.717, 1.165) is 77.3 Å². The number of imidazole rings is 1. The van der Waals surface area contributed by atoms with Crippen molar-refractivity contribution in [3.63, 3.8) is 0 Å². The van der Waals surface area contributed by atoms with Gasteiger partial charge in [-0.3, -0.25) is 4.90 Å². The third-order valence-electron chi connectivity index (χ3n) is 8.75. The molecule has 1 aliphatic rings. The lowest BCUT2D eigenvalue weighted by Crippen LogP contribution is -2.49. The van der Waals surface area contributed by atoms with Crippen LogP contribution >= 0.6 is 0 Å². The van der Waals surface area contributed by atoms with Crippen molar-refractivity contribution >= 4 is 22.9 Å². The number of carbonyl (C=O) groups excluding carboxylic acids is 1. The highest BCUT2D eigenvalue weighted by molar-refractivity contribution is 5.95. The summed E-state index contributed by atoms with van der Waals surface area (Å²) in [4.78, 5) is 27.6. The van der Waals surface area contributed by atoms with Gasteiger partial charge in [0.2, 0.25) is 5.82 Å². The maximum absolute atomic E-state index is 13.7. The quantitative estimate of drug-likeness (QED) is 0.159. The number of rotatable bonds is 12. The number of anilines is 1. The Hall–Kier alpha value is -5.58. The number of hydrogen-bond donors (Lipinski definition) is 1. The zero-order valence-corrected chi connectivity index (χ0v) is 27.3. The van der Waals surface area contributed by atoms with Gasteiger partial charge in [0.25, 0.3) is 0 Å². The van der Waals surface area contributed by atoms with E-state index in [2.05, 4.69) is 56.4 Å². The van der Waals surface area contributed by atoms with Crippen molar-refractivity contribution in [3.05, 3.63) is 125 Å². The summed E-state index contributed by atoms with van der Waals surface area (Å²) < 4.78 is 8.58. The predicted octanol–water partition coefficient (Wildman–Crippen LogP) is 6.64. The summed E-state index contributed by atoms with van der Waals surface area (Å²) in [5.41, 5.74) is 6.44. The van der Waals surface area contributed by atoms with Gasteiger partial charge in [0.1, 0.15) is 17.1 Å². The lowest BCUT2D eigenvalue weighted by Gasteiger charge is -2.36. The van der Waals surface area contributed by atoms with Gasteiger partial charge in [-0.1, -0.05) is 91.4 Å². The Bertz CT molecular complexity index is 1960. The fourth-order valence-electron chi connectivity index (χ4n) is 6.27. The van der Waals surface area contributed by atoms with E-state index in [0.29, 0.717) is 31.2 Å². The van der Waals surface area contributed by atoms with E-state index in [-0.39, 0.29) is 6.03 Å². The van der Waals surface area contributed by atoms with Gasteiger partial charge < -0.3 is 14.2 Å². The molecule has 3 aromatic carbocycles. The second-order valence-electron chi connectivity index (χ2n) is 12.2. The minimum Gasteiger partial charge on any atom is -0.478 e. The van der Waals surface area contributed by atoms with Crippen LogP contribution in [-0.4, -0.2) is 59.2 Å². The molecule has 1 fully saturated rings. The molecule has 1 N–H and O–H groups in total. The number of nitrogens with zero attached hydrogens (tertiary/aromatic N) is 8. The smallest absolute Gasteiger partial charge is 0.324 e. The molecule has 4 heterocycles. The van der Waals surface area contributed by atoms with Gasteiger partial charge >= 0.3 is 6.03 Å². The summed E-state index contributed by atoms with van der Waals surface area (Å²) in [5, 5.41) is 14.6. The van der Waals surface area contributed by atoms with Crippen LogP contribution in [0.1, 0.15) is 66.3 Å². The van der Waals surface area contributed by atoms with Gasteiger partial charge in [0.05, 0.1) is 17.9 Å². The van der Waals surface area contributed by atoms with E-state index in [9.17, 15) is 4.79 Å². The molecule has 1 saturated heterocycles. The molecule has 11 heteroatoms. The lowest BCUT2D eigenvalue weighted by molar-refractivity contribution is 0.192. The second-order valence-corrected chi connectivity index (χ2v) is 12.2. The van der Waals surface area contributed by atoms with Crippen LogP contribution in [0, 0.1) is 6.92 Å². The fourth-order valence-corrected chi connectivity index (χ4v) is 6.27. The first-order valence-electron chi connectivity index (χ1n) is 16.6. The predicted molar refractivity (Wildman–Crippen MR) is 184 cm³/mol. The highest BCUT2D eigenvalue weighted by Gasteiger charge is 2.29. The molecular formula is C37H39N9O2. The number of nitrogens with one attached hydrogen (secondary N) is 1. The summed E-state index contributed by atoms with van der Waals surface area (Å²) in [6.45, 7) is 6.78. The molecule has 3 aromatic heterocycles. The van der Waals surface area contributed by atoms with Crippen LogP contribution in [0.15, 0.2) is 91.0 Å². The van der Waals surface area contributed by atoms with Crippen molar-refractivity contribution in [1.29, 1.82) is 0 Å². The van der Waals surface area contributed by atoms with Gasteiger partial charge in [-0.2, -0.15) is 5.21 Å². The van der Waals surface area contributed by atoms with Crippen molar-refractivity contribution in [2.75, 3.05) is 18.0 Å². The number of amides is 2. The largest absolute Gasteiger partial charge is 0.478 e. The molecule has 244 valence electrons. The topological polar surface area (TPSA) is 118 Å². The monoisotopic (exact) mass is 641 g/mol. The van der Waals surface area contributed by atoms with E-state index < -0.39 is 6.10 Å². The van der Waals surface area contributed by atoms with Crippen molar-refractivity contribution in [1.82, 2.24) is 40.1 Å². The Kier molecular flexibility index (Phi) is 9.08. The second kappa shape index (κ2) is 14.0. The van der Waals surface area contributed by atoms with Gasteiger partial charge in [0.15, 0.2) is 11.8 Å². The normalized spacial score (nSPS) is 14.1. The maximum atomic E-state index is 13.7. The molecular weight excluding hydrogens is 602 g/mol. The number of pyridine rings is 1. The summed E-state index contributed by atoms with van der Waals surface area (Å²) >= 11 is 0. The highest BCUT2D eigenvalue weighted by atomic mass is 16.5. The first-order chi connectivity index (χ1) is 23.6. The molecule has 6 aromatic rings. The van der Waals surface area contributed by atoms with Crippen LogP contribution in [0.25, 0.3) is 11.2 Å².